The molecule has 3 aromatic rings. The summed E-state index contributed by atoms with van der Waals surface area (Å²) in [6, 6.07) is 11.4. The molecule has 0 bridgehead atoms. The number of hydrogen-bond donors (Lipinski definition) is 2. The first-order valence-corrected chi connectivity index (χ1v) is 10.8. The third kappa shape index (κ3) is 2.87. The normalized spacial score (nSPS) is 16.5. The fourth-order valence-corrected chi connectivity index (χ4v) is 4.96. The lowest BCUT2D eigenvalue weighted by atomic mass is 9.78. The minimum atomic E-state index is -0.571. The molecule has 6 nitrogen and oxygen atoms in total. The molecule has 1 spiro atoms. The van der Waals surface area contributed by atoms with Crippen LogP contribution in [0.4, 0.5) is 0 Å². The first-order chi connectivity index (χ1) is 14.5. The summed E-state index contributed by atoms with van der Waals surface area (Å²) in [4.78, 5) is 13.6. The quantitative estimate of drug-likeness (QED) is 0.559. The topological polar surface area (TPSA) is 76.2 Å². The van der Waals surface area contributed by atoms with Crippen LogP contribution in [0, 0.1) is 6.92 Å². The molecule has 1 saturated heterocycles. The van der Waals surface area contributed by atoms with E-state index in [0.717, 1.165) is 58.5 Å². The summed E-state index contributed by atoms with van der Waals surface area (Å²) in [5, 5.41) is 11.1. The number of ether oxygens (including phenoxy) is 2. The van der Waals surface area contributed by atoms with Crippen LogP contribution in [-0.2, 0) is 5.60 Å². The standard InChI is InChI=1S/C23H22BrN3O3/c1-13-4-3-5-16-18(13)20-19(23(30-16)8-10-25-11-9-23)21(27-26-20)22(28)14-6-7-15(24)17(12-14)29-2/h3-7,12,25H,8-11H2,1-2H3,(H,26,27). The summed E-state index contributed by atoms with van der Waals surface area (Å²) in [6.07, 6.45) is 1.55. The van der Waals surface area contributed by atoms with Gasteiger partial charge in [-0.3, -0.25) is 9.89 Å². The molecule has 2 aliphatic rings. The Hall–Kier alpha value is -2.64. The fraction of sp³-hybridized carbons (Fsp3) is 0.304. The van der Waals surface area contributed by atoms with Gasteiger partial charge in [0.25, 0.3) is 0 Å². The van der Waals surface area contributed by atoms with Gasteiger partial charge in [-0.15, -0.1) is 0 Å². The number of aromatic amines is 1. The predicted octanol–water partition coefficient (Wildman–Crippen LogP) is 4.36. The van der Waals surface area contributed by atoms with E-state index < -0.39 is 5.60 Å². The van der Waals surface area contributed by atoms with E-state index in [1.54, 1.807) is 19.2 Å². The van der Waals surface area contributed by atoms with Crippen molar-refractivity contribution >= 4 is 21.7 Å². The van der Waals surface area contributed by atoms with Gasteiger partial charge in [0, 0.05) is 24.0 Å². The first kappa shape index (κ1) is 19.3. The van der Waals surface area contributed by atoms with E-state index in [2.05, 4.69) is 31.4 Å². The highest BCUT2D eigenvalue weighted by atomic mass is 79.9. The lowest BCUT2D eigenvalue weighted by molar-refractivity contribution is 0.0298. The summed E-state index contributed by atoms with van der Waals surface area (Å²) >= 11 is 3.45. The van der Waals surface area contributed by atoms with Crippen LogP contribution in [0.15, 0.2) is 40.9 Å². The molecule has 0 aliphatic carbocycles. The number of nitrogens with one attached hydrogen (secondary N) is 2. The summed E-state index contributed by atoms with van der Waals surface area (Å²) in [7, 11) is 1.59. The summed E-state index contributed by atoms with van der Waals surface area (Å²) in [6.45, 7) is 3.69. The highest BCUT2D eigenvalue weighted by Crippen LogP contribution is 2.50. The van der Waals surface area contributed by atoms with Crippen LogP contribution in [0.2, 0.25) is 0 Å². The number of carbonyl (C=O) groups excluding carboxylic acids is 1. The number of fused-ring (bicyclic) bond motifs is 4. The molecule has 154 valence electrons. The van der Waals surface area contributed by atoms with Gasteiger partial charge >= 0.3 is 0 Å². The van der Waals surface area contributed by atoms with E-state index in [0.29, 0.717) is 17.0 Å². The van der Waals surface area contributed by atoms with E-state index in [-0.39, 0.29) is 5.78 Å². The number of H-pyrrole nitrogens is 1. The summed E-state index contributed by atoms with van der Waals surface area (Å²) < 4.78 is 12.8. The smallest absolute Gasteiger partial charge is 0.211 e. The Bertz CT molecular complexity index is 1150. The van der Waals surface area contributed by atoms with Crippen LogP contribution in [0.1, 0.15) is 40.0 Å². The summed E-state index contributed by atoms with van der Waals surface area (Å²) in [5.74, 6) is 1.33. The van der Waals surface area contributed by atoms with E-state index in [4.69, 9.17) is 9.47 Å². The Kier molecular flexibility index (Phi) is 4.67. The Morgan fingerprint density at radius 2 is 2.03 bits per heavy atom. The molecular weight excluding hydrogens is 446 g/mol. The molecule has 1 aromatic heterocycles. The van der Waals surface area contributed by atoms with Crippen molar-refractivity contribution in [1.29, 1.82) is 0 Å². The molecule has 0 atom stereocenters. The minimum Gasteiger partial charge on any atom is -0.496 e. The average molecular weight is 468 g/mol. The van der Waals surface area contributed by atoms with Crippen molar-refractivity contribution < 1.29 is 14.3 Å². The van der Waals surface area contributed by atoms with Crippen LogP contribution in [-0.4, -0.2) is 36.2 Å². The van der Waals surface area contributed by atoms with Gasteiger partial charge in [0.05, 0.1) is 17.1 Å². The third-order valence-corrected chi connectivity index (χ3v) is 6.71. The number of nitrogens with zero attached hydrogens (tertiary/aromatic N) is 1. The van der Waals surface area contributed by atoms with Crippen LogP contribution in [0.3, 0.4) is 0 Å². The molecule has 3 heterocycles. The highest BCUT2D eigenvalue weighted by Gasteiger charge is 2.46. The molecule has 2 N–H and O–H groups in total. The second-order valence-electron chi connectivity index (χ2n) is 7.80. The highest BCUT2D eigenvalue weighted by molar-refractivity contribution is 9.10. The van der Waals surface area contributed by atoms with Crippen molar-refractivity contribution in [3.8, 4) is 22.8 Å². The SMILES string of the molecule is COc1cc(C(=O)c2[nH]nc3c2C2(CCNCC2)Oc2cccc(C)c2-3)ccc1Br. The number of carbonyl (C=O) groups is 1. The molecule has 0 amide bonds. The van der Waals surface area contributed by atoms with Gasteiger partial charge in [0.1, 0.15) is 28.5 Å². The Morgan fingerprint density at radius 1 is 1.23 bits per heavy atom. The first-order valence-electron chi connectivity index (χ1n) is 10.0. The summed E-state index contributed by atoms with van der Waals surface area (Å²) in [5.41, 5.74) is 4.19. The zero-order chi connectivity index (χ0) is 20.9. The number of aryl methyl sites for hydroxylation is 1. The number of rotatable bonds is 3. The van der Waals surface area contributed by atoms with Crippen LogP contribution < -0.4 is 14.8 Å². The van der Waals surface area contributed by atoms with Gasteiger partial charge in [-0.1, -0.05) is 12.1 Å². The Labute approximate surface area is 183 Å². The maximum absolute atomic E-state index is 13.6. The number of methoxy groups -OCH3 is 1. The number of piperidine rings is 1. The van der Waals surface area contributed by atoms with E-state index >= 15 is 0 Å². The van der Waals surface area contributed by atoms with E-state index in [1.165, 1.54) is 0 Å². The maximum Gasteiger partial charge on any atom is 0.211 e. The van der Waals surface area contributed by atoms with Crippen molar-refractivity contribution in [3.63, 3.8) is 0 Å². The fourth-order valence-electron chi connectivity index (χ4n) is 4.55. The molecule has 0 radical (unpaired) electrons. The van der Waals surface area contributed by atoms with E-state index in [1.807, 2.05) is 31.2 Å². The van der Waals surface area contributed by atoms with Crippen molar-refractivity contribution in [2.24, 2.45) is 0 Å². The van der Waals surface area contributed by atoms with Gasteiger partial charge in [-0.05, 0) is 65.8 Å². The van der Waals surface area contributed by atoms with Crippen LogP contribution in [0.25, 0.3) is 11.3 Å². The van der Waals surface area contributed by atoms with Crippen LogP contribution >= 0.6 is 15.9 Å². The van der Waals surface area contributed by atoms with Gasteiger partial charge < -0.3 is 14.8 Å². The van der Waals surface area contributed by atoms with Gasteiger partial charge in [0.2, 0.25) is 5.78 Å². The zero-order valence-corrected chi connectivity index (χ0v) is 18.4. The monoisotopic (exact) mass is 467 g/mol. The molecule has 2 aromatic carbocycles. The third-order valence-electron chi connectivity index (χ3n) is 6.05. The Balaban J connectivity index is 1.70. The number of ketones is 1. The second-order valence-corrected chi connectivity index (χ2v) is 8.65. The Morgan fingerprint density at radius 3 is 2.80 bits per heavy atom. The molecule has 0 unspecified atom stereocenters. The van der Waals surface area contributed by atoms with E-state index in [9.17, 15) is 4.79 Å². The zero-order valence-electron chi connectivity index (χ0n) is 16.8. The molecule has 7 heteroatoms. The average Bonchev–Trinajstić information content (AvgIpc) is 3.20. The molecule has 0 saturated carbocycles. The molecule has 1 fully saturated rings. The maximum atomic E-state index is 13.6. The molecule has 2 aliphatic heterocycles. The van der Waals surface area contributed by atoms with Crippen molar-refractivity contribution in [3.05, 3.63) is 63.3 Å². The minimum absolute atomic E-state index is 0.118. The van der Waals surface area contributed by atoms with Gasteiger partial charge in [0.15, 0.2) is 0 Å². The molecule has 30 heavy (non-hydrogen) atoms. The largest absolute Gasteiger partial charge is 0.496 e. The molecule has 5 rings (SSSR count). The van der Waals surface area contributed by atoms with Crippen molar-refractivity contribution in [1.82, 2.24) is 15.5 Å². The lowest BCUT2D eigenvalue weighted by Crippen LogP contribution is -2.46. The van der Waals surface area contributed by atoms with Gasteiger partial charge in [-0.2, -0.15) is 5.10 Å². The van der Waals surface area contributed by atoms with Gasteiger partial charge in [-0.25, -0.2) is 0 Å². The molecular formula is C23H22BrN3O3. The second kappa shape index (κ2) is 7.25. The van der Waals surface area contributed by atoms with Crippen molar-refractivity contribution in [2.45, 2.75) is 25.4 Å². The van der Waals surface area contributed by atoms with Crippen molar-refractivity contribution in [2.75, 3.05) is 20.2 Å². The lowest BCUT2D eigenvalue weighted by Gasteiger charge is -2.42. The number of aromatic nitrogens is 2. The number of halogens is 1. The number of benzene rings is 2. The van der Waals surface area contributed by atoms with Crippen LogP contribution in [0.5, 0.6) is 11.5 Å². The predicted molar refractivity (Wildman–Crippen MR) is 117 cm³/mol. The number of hydrogen-bond acceptors (Lipinski definition) is 5.